The Kier molecular flexibility index (Phi) is 2.95. The van der Waals surface area contributed by atoms with Crippen molar-refractivity contribution in [2.75, 3.05) is 11.9 Å². The van der Waals surface area contributed by atoms with Crippen LogP contribution in [0.2, 0.25) is 0 Å². The molecule has 1 aliphatic carbocycles. The number of rotatable bonds is 3. The van der Waals surface area contributed by atoms with Gasteiger partial charge in [-0.1, -0.05) is 19.3 Å². The first-order valence-electron chi connectivity index (χ1n) is 5.64. The van der Waals surface area contributed by atoms with Gasteiger partial charge < -0.3 is 10.4 Å². The normalized spacial score (nSPS) is 20.1. The molecule has 2 N–H and O–H groups in total. The van der Waals surface area contributed by atoms with Crippen LogP contribution in [0.15, 0.2) is 12.3 Å². The van der Waals surface area contributed by atoms with Crippen LogP contribution in [0.25, 0.3) is 0 Å². The molecule has 0 aliphatic heterocycles. The van der Waals surface area contributed by atoms with E-state index in [2.05, 4.69) is 10.4 Å². The summed E-state index contributed by atoms with van der Waals surface area (Å²) in [6.45, 7) is 0.615. The number of hydrogen-bond donors (Lipinski definition) is 2. The number of aliphatic hydroxyl groups is 1. The lowest BCUT2D eigenvalue weighted by Crippen LogP contribution is -2.38. The van der Waals surface area contributed by atoms with Gasteiger partial charge in [0.15, 0.2) is 0 Å². The smallest absolute Gasteiger partial charge is 0.148 e. The Hall–Kier alpha value is -1.03. The van der Waals surface area contributed by atoms with Crippen LogP contribution in [-0.2, 0) is 7.05 Å². The predicted octanol–water partition coefficient (Wildman–Crippen LogP) is 1.53. The van der Waals surface area contributed by atoms with Crippen molar-refractivity contribution in [3.63, 3.8) is 0 Å². The lowest BCUT2D eigenvalue weighted by Gasteiger charge is -2.32. The van der Waals surface area contributed by atoms with E-state index in [0.717, 1.165) is 31.5 Å². The monoisotopic (exact) mass is 209 g/mol. The zero-order valence-electron chi connectivity index (χ0n) is 9.24. The molecule has 0 bridgehead atoms. The third-order valence-corrected chi connectivity index (χ3v) is 3.10. The van der Waals surface area contributed by atoms with E-state index in [1.165, 1.54) is 6.42 Å². The molecule has 0 unspecified atom stereocenters. The number of anilines is 1. The fraction of sp³-hybridized carbons (Fsp3) is 0.727. The Labute approximate surface area is 90.3 Å². The number of nitrogens with one attached hydrogen (secondary N) is 1. The highest BCUT2D eigenvalue weighted by molar-refractivity contribution is 5.32. The van der Waals surface area contributed by atoms with Gasteiger partial charge in [-0.05, 0) is 12.8 Å². The summed E-state index contributed by atoms with van der Waals surface area (Å²) in [5.41, 5.74) is -0.518. The molecule has 1 saturated carbocycles. The standard InChI is InChI=1S/C11H19N3O/c1-14-8-5-10(13-14)12-9-11(15)6-3-2-4-7-11/h5,8,15H,2-4,6-7,9H2,1H3,(H,12,13). The Morgan fingerprint density at radius 3 is 2.80 bits per heavy atom. The van der Waals surface area contributed by atoms with Crippen molar-refractivity contribution in [3.05, 3.63) is 12.3 Å². The third-order valence-electron chi connectivity index (χ3n) is 3.10. The van der Waals surface area contributed by atoms with Crippen molar-refractivity contribution in [1.29, 1.82) is 0 Å². The van der Waals surface area contributed by atoms with E-state index < -0.39 is 5.60 Å². The van der Waals surface area contributed by atoms with Crippen LogP contribution >= 0.6 is 0 Å². The van der Waals surface area contributed by atoms with Gasteiger partial charge in [0, 0.05) is 25.9 Å². The predicted molar refractivity (Wildman–Crippen MR) is 59.7 cm³/mol. The Balaban J connectivity index is 1.86. The van der Waals surface area contributed by atoms with E-state index >= 15 is 0 Å². The van der Waals surface area contributed by atoms with Gasteiger partial charge in [-0.15, -0.1) is 0 Å². The van der Waals surface area contributed by atoms with Gasteiger partial charge in [-0.3, -0.25) is 4.68 Å². The van der Waals surface area contributed by atoms with Crippen LogP contribution in [0.1, 0.15) is 32.1 Å². The fourth-order valence-corrected chi connectivity index (χ4v) is 2.15. The SMILES string of the molecule is Cn1ccc(NCC2(O)CCCCC2)n1. The van der Waals surface area contributed by atoms with Gasteiger partial charge in [0.25, 0.3) is 0 Å². The number of hydrogen-bond acceptors (Lipinski definition) is 3. The molecule has 4 nitrogen and oxygen atoms in total. The summed E-state index contributed by atoms with van der Waals surface area (Å²) in [6, 6.07) is 1.92. The highest BCUT2D eigenvalue weighted by atomic mass is 16.3. The summed E-state index contributed by atoms with van der Waals surface area (Å²) in [4.78, 5) is 0. The van der Waals surface area contributed by atoms with Crippen molar-refractivity contribution >= 4 is 5.82 Å². The molecular weight excluding hydrogens is 190 g/mol. The molecular formula is C11H19N3O. The third kappa shape index (κ3) is 2.72. The lowest BCUT2D eigenvalue weighted by molar-refractivity contribution is 0.0166. The first kappa shape index (κ1) is 10.5. The Morgan fingerprint density at radius 2 is 2.20 bits per heavy atom. The van der Waals surface area contributed by atoms with Crippen molar-refractivity contribution < 1.29 is 5.11 Å². The lowest BCUT2D eigenvalue weighted by atomic mass is 9.85. The summed E-state index contributed by atoms with van der Waals surface area (Å²) < 4.78 is 1.76. The van der Waals surface area contributed by atoms with E-state index in [1.54, 1.807) is 4.68 Å². The number of aromatic nitrogens is 2. The van der Waals surface area contributed by atoms with Crippen molar-refractivity contribution in [2.45, 2.75) is 37.7 Å². The first-order chi connectivity index (χ1) is 7.18. The summed E-state index contributed by atoms with van der Waals surface area (Å²) in [6.07, 6.45) is 7.25. The van der Waals surface area contributed by atoms with Crippen molar-refractivity contribution in [3.8, 4) is 0 Å². The Morgan fingerprint density at radius 1 is 1.47 bits per heavy atom. The van der Waals surface area contributed by atoms with Crippen LogP contribution in [0, 0.1) is 0 Å². The molecule has 0 aromatic carbocycles. The second-order valence-corrected chi connectivity index (χ2v) is 4.51. The zero-order chi connectivity index (χ0) is 10.7. The van der Waals surface area contributed by atoms with Gasteiger partial charge in [0.2, 0.25) is 0 Å². The average molecular weight is 209 g/mol. The molecule has 0 radical (unpaired) electrons. The highest BCUT2D eigenvalue weighted by Crippen LogP contribution is 2.27. The largest absolute Gasteiger partial charge is 0.388 e. The van der Waals surface area contributed by atoms with Crippen molar-refractivity contribution in [2.24, 2.45) is 7.05 Å². The maximum absolute atomic E-state index is 10.2. The summed E-state index contributed by atoms with van der Waals surface area (Å²) in [5.74, 6) is 0.844. The topological polar surface area (TPSA) is 50.1 Å². The van der Waals surface area contributed by atoms with E-state index in [9.17, 15) is 5.11 Å². The second kappa shape index (κ2) is 4.23. The van der Waals surface area contributed by atoms with Gasteiger partial charge in [-0.25, -0.2) is 0 Å². The summed E-state index contributed by atoms with van der Waals surface area (Å²) >= 11 is 0. The van der Waals surface area contributed by atoms with E-state index in [-0.39, 0.29) is 0 Å². The van der Waals surface area contributed by atoms with Gasteiger partial charge in [0.05, 0.1) is 5.60 Å². The molecule has 1 aliphatic rings. The molecule has 1 aromatic heterocycles. The molecule has 0 amide bonds. The molecule has 84 valence electrons. The van der Waals surface area contributed by atoms with Gasteiger partial charge >= 0.3 is 0 Å². The number of aryl methyl sites for hydroxylation is 1. The minimum absolute atomic E-state index is 0.518. The second-order valence-electron chi connectivity index (χ2n) is 4.51. The van der Waals surface area contributed by atoms with Crippen LogP contribution in [0.5, 0.6) is 0 Å². The molecule has 15 heavy (non-hydrogen) atoms. The Bertz CT molecular complexity index is 315. The van der Waals surface area contributed by atoms with E-state index in [0.29, 0.717) is 6.54 Å². The number of nitrogens with zero attached hydrogens (tertiary/aromatic N) is 2. The quantitative estimate of drug-likeness (QED) is 0.793. The maximum Gasteiger partial charge on any atom is 0.148 e. The molecule has 0 saturated heterocycles. The van der Waals surface area contributed by atoms with Crippen LogP contribution in [0.3, 0.4) is 0 Å². The average Bonchev–Trinajstić information content (AvgIpc) is 2.63. The molecule has 2 rings (SSSR count). The van der Waals surface area contributed by atoms with Crippen molar-refractivity contribution in [1.82, 2.24) is 9.78 Å². The van der Waals surface area contributed by atoms with Crippen LogP contribution < -0.4 is 5.32 Å². The molecule has 4 heteroatoms. The van der Waals surface area contributed by atoms with E-state index in [4.69, 9.17) is 0 Å². The van der Waals surface area contributed by atoms with Crippen LogP contribution in [-0.4, -0.2) is 27.0 Å². The molecule has 1 heterocycles. The van der Waals surface area contributed by atoms with E-state index in [1.807, 2.05) is 19.3 Å². The summed E-state index contributed by atoms with van der Waals surface area (Å²) in [7, 11) is 1.89. The molecule has 1 aromatic rings. The maximum atomic E-state index is 10.2. The van der Waals surface area contributed by atoms with Gasteiger partial charge in [0.1, 0.15) is 5.82 Å². The molecule has 1 fully saturated rings. The first-order valence-corrected chi connectivity index (χ1v) is 5.64. The minimum Gasteiger partial charge on any atom is -0.388 e. The van der Waals surface area contributed by atoms with Gasteiger partial charge in [-0.2, -0.15) is 5.10 Å². The summed E-state index contributed by atoms with van der Waals surface area (Å²) in [5, 5.41) is 17.7. The zero-order valence-corrected chi connectivity index (χ0v) is 9.24. The highest BCUT2D eigenvalue weighted by Gasteiger charge is 2.28. The minimum atomic E-state index is -0.518. The molecule has 0 atom stereocenters. The molecule has 0 spiro atoms. The fourth-order valence-electron chi connectivity index (χ4n) is 2.15. The van der Waals surface area contributed by atoms with Crippen LogP contribution in [0.4, 0.5) is 5.82 Å².